The molecule has 3 saturated heterocycles. The summed E-state index contributed by atoms with van der Waals surface area (Å²) in [6.45, 7) is 5.32. The second kappa shape index (κ2) is 11.5. The number of alkyl halides is 3. The molecule has 3 aliphatic heterocycles. The summed E-state index contributed by atoms with van der Waals surface area (Å²) < 4.78 is 44.4. The van der Waals surface area contributed by atoms with Gasteiger partial charge in [0.05, 0.1) is 37.7 Å². The number of piperidine rings is 1. The molecule has 3 aliphatic rings. The fourth-order valence-electron chi connectivity index (χ4n) is 5.13. The van der Waals surface area contributed by atoms with Crippen molar-refractivity contribution < 1.29 is 38.0 Å². The molecule has 0 saturated carbocycles. The minimum Gasteiger partial charge on any atom is -0.480 e. The quantitative estimate of drug-likeness (QED) is 0.374. The molecule has 0 aromatic carbocycles. The summed E-state index contributed by atoms with van der Waals surface area (Å²) in [5, 5.41) is 32.9. The first-order valence-electron chi connectivity index (χ1n) is 12.1. The number of piperazine rings is 1. The Morgan fingerprint density at radius 1 is 1.06 bits per heavy atom. The molecule has 36 heavy (non-hydrogen) atoms. The van der Waals surface area contributed by atoms with Gasteiger partial charge < -0.3 is 25.4 Å². The van der Waals surface area contributed by atoms with Gasteiger partial charge in [0, 0.05) is 51.9 Å². The lowest BCUT2D eigenvalue weighted by atomic mass is 9.97. The first kappa shape index (κ1) is 26.9. The van der Waals surface area contributed by atoms with Gasteiger partial charge >= 0.3 is 12.1 Å². The molecule has 14 heteroatoms. The number of aromatic nitrogens is 2. The zero-order valence-electron chi connectivity index (χ0n) is 19.8. The third-order valence-corrected chi connectivity index (χ3v) is 7.17. The highest BCUT2D eigenvalue weighted by molar-refractivity contribution is 5.69. The second-order valence-corrected chi connectivity index (χ2v) is 9.63. The molecule has 4 N–H and O–H groups in total. The molecule has 4 rings (SSSR count). The van der Waals surface area contributed by atoms with Crippen LogP contribution in [0.15, 0.2) is 12.4 Å². The van der Waals surface area contributed by atoms with Crippen LogP contribution in [0.2, 0.25) is 0 Å². The van der Waals surface area contributed by atoms with E-state index in [1.165, 1.54) is 0 Å². The van der Waals surface area contributed by atoms with Gasteiger partial charge in [-0.15, -0.1) is 0 Å². The zero-order chi connectivity index (χ0) is 25.9. The summed E-state index contributed by atoms with van der Waals surface area (Å²) in [5.74, 6) is -0.959. The van der Waals surface area contributed by atoms with Crippen LogP contribution in [0.4, 0.5) is 19.0 Å². The van der Waals surface area contributed by atoms with E-state index in [2.05, 4.69) is 25.1 Å². The highest BCUT2D eigenvalue weighted by Gasteiger charge is 2.40. The molecule has 0 spiro atoms. The molecule has 0 aliphatic carbocycles. The summed E-state index contributed by atoms with van der Waals surface area (Å²) >= 11 is 0. The predicted molar refractivity (Wildman–Crippen MR) is 121 cm³/mol. The van der Waals surface area contributed by atoms with Crippen LogP contribution in [-0.4, -0.2) is 135 Å². The van der Waals surface area contributed by atoms with Crippen molar-refractivity contribution in [1.29, 1.82) is 0 Å². The lowest BCUT2D eigenvalue weighted by Gasteiger charge is -2.44. The number of carboxylic acid groups (broad SMARTS) is 1. The number of hydrogen-bond acceptors (Lipinski definition) is 10. The number of aliphatic carboxylic acids is 1. The fraction of sp³-hybridized carbons (Fsp3) is 0.773. The molecule has 3 fully saturated rings. The number of nitrogens with one attached hydrogen (secondary N) is 1. The van der Waals surface area contributed by atoms with Crippen LogP contribution in [-0.2, 0) is 15.7 Å². The topological polar surface area (TPSA) is 135 Å². The normalized spacial score (nSPS) is 29.8. The Morgan fingerprint density at radius 3 is 2.39 bits per heavy atom. The minimum absolute atomic E-state index is 0.00427. The SMILES string of the molecule is O=C(O)CN1CCC(N2CCN(C[C@H]3OC[C@H](Nc4cncc(C(F)(F)F)n4)[C@@H](O)[C@H]3O)CC2)CC1. The highest BCUT2D eigenvalue weighted by Crippen LogP contribution is 2.28. The Balaban J connectivity index is 1.21. The van der Waals surface area contributed by atoms with E-state index >= 15 is 0 Å². The number of carbonyl (C=O) groups is 1. The summed E-state index contributed by atoms with van der Waals surface area (Å²) in [7, 11) is 0. The molecule has 11 nitrogen and oxygen atoms in total. The van der Waals surface area contributed by atoms with Crippen LogP contribution >= 0.6 is 0 Å². The number of aliphatic hydroxyl groups excluding tert-OH is 2. The van der Waals surface area contributed by atoms with Gasteiger partial charge in [0.1, 0.15) is 18.0 Å². The van der Waals surface area contributed by atoms with E-state index in [0.29, 0.717) is 18.8 Å². The van der Waals surface area contributed by atoms with Crippen LogP contribution in [0.5, 0.6) is 0 Å². The molecule has 202 valence electrons. The van der Waals surface area contributed by atoms with Crippen LogP contribution in [0, 0.1) is 0 Å². The predicted octanol–water partition coefficient (Wildman–Crippen LogP) is -0.437. The number of carboxylic acids is 1. The lowest BCUT2D eigenvalue weighted by Crippen LogP contribution is -2.60. The Bertz CT molecular complexity index is 880. The van der Waals surface area contributed by atoms with E-state index in [1.807, 2.05) is 4.90 Å². The van der Waals surface area contributed by atoms with Gasteiger partial charge in [0.15, 0.2) is 5.69 Å². The first-order chi connectivity index (χ1) is 17.1. The zero-order valence-corrected chi connectivity index (χ0v) is 19.8. The first-order valence-corrected chi connectivity index (χ1v) is 12.1. The van der Waals surface area contributed by atoms with Crippen molar-refractivity contribution in [1.82, 2.24) is 24.7 Å². The van der Waals surface area contributed by atoms with Crippen LogP contribution < -0.4 is 5.32 Å². The third kappa shape index (κ3) is 6.81. The standard InChI is InChI=1S/C22H33F3N6O5/c23-22(24,25)17-9-26-10-18(28-17)27-15-13-36-16(21(35)20(15)34)11-30-5-7-31(8-6-30)14-1-3-29(4-2-14)12-19(32)33/h9-10,14-16,20-21,34-35H,1-8,11-13H2,(H,27,28)(H,32,33)/t15-,16+,20+,21-/m0/s1. The van der Waals surface area contributed by atoms with Crippen molar-refractivity contribution in [2.24, 2.45) is 0 Å². The Kier molecular flexibility index (Phi) is 8.63. The molecule has 0 radical (unpaired) electrons. The van der Waals surface area contributed by atoms with Crippen molar-refractivity contribution >= 4 is 11.8 Å². The maximum atomic E-state index is 12.9. The molecule has 4 atom stereocenters. The number of nitrogens with zero attached hydrogens (tertiary/aromatic N) is 5. The van der Waals surface area contributed by atoms with E-state index in [0.717, 1.165) is 58.3 Å². The summed E-state index contributed by atoms with van der Waals surface area (Å²) in [6.07, 6.45) is -4.12. The molecular weight excluding hydrogens is 485 g/mol. The van der Waals surface area contributed by atoms with Crippen LogP contribution in [0.1, 0.15) is 18.5 Å². The molecule has 0 amide bonds. The molecule has 1 aromatic heterocycles. The van der Waals surface area contributed by atoms with Crippen LogP contribution in [0.3, 0.4) is 0 Å². The maximum absolute atomic E-state index is 12.9. The van der Waals surface area contributed by atoms with Gasteiger partial charge in [-0.25, -0.2) is 4.98 Å². The van der Waals surface area contributed by atoms with Gasteiger partial charge in [0.2, 0.25) is 0 Å². The van der Waals surface area contributed by atoms with E-state index in [9.17, 15) is 28.2 Å². The van der Waals surface area contributed by atoms with Crippen LogP contribution in [0.25, 0.3) is 0 Å². The summed E-state index contributed by atoms with van der Waals surface area (Å²) in [4.78, 5) is 24.5. The number of hydrogen-bond donors (Lipinski definition) is 4. The average molecular weight is 519 g/mol. The molecule has 0 unspecified atom stereocenters. The molecule has 0 bridgehead atoms. The largest absolute Gasteiger partial charge is 0.480 e. The number of rotatable bonds is 7. The molecule has 1 aromatic rings. The van der Waals surface area contributed by atoms with Gasteiger partial charge in [-0.2, -0.15) is 13.2 Å². The monoisotopic (exact) mass is 518 g/mol. The number of aliphatic hydroxyl groups is 2. The lowest BCUT2D eigenvalue weighted by molar-refractivity contribution is -0.148. The smallest absolute Gasteiger partial charge is 0.434 e. The van der Waals surface area contributed by atoms with Gasteiger partial charge in [-0.1, -0.05) is 0 Å². The van der Waals surface area contributed by atoms with E-state index in [4.69, 9.17) is 9.84 Å². The second-order valence-electron chi connectivity index (χ2n) is 9.63. The van der Waals surface area contributed by atoms with Crippen molar-refractivity contribution in [2.45, 2.75) is 49.4 Å². The molecule has 4 heterocycles. The third-order valence-electron chi connectivity index (χ3n) is 7.17. The Labute approximate surface area is 206 Å². The number of halogens is 3. The number of ether oxygens (including phenoxy) is 1. The maximum Gasteiger partial charge on any atom is 0.434 e. The average Bonchev–Trinajstić information content (AvgIpc) is 2.84. The van der Waals surface area contributed by atoms with Crippen molar-refractivity contribution in [2.75, 3.05) is 64.3 Å². The Morgan fingerprint density at radius 2 is 1.75 bits per heavy atom. The van der Waals surface area contributed by atoms with Crippen molar-refractivity contribution in [3.63, 3.8) is 0 Å². The number of likely N-dealkylation sites (tertiary alicyclic amines) is 1. The van der Waals surface area contributed by atoms with E-state index < -0.39 is 42.2 Å². The highest BCUT2D eigenvalue weighted by atomic mass is 19.4. The fourth-order valence-corrected chi connectivity index (χ4v) is 5.13. The van der Waals surface area contributed by atoms with E-state index in [-0.39, 0.29) is 19.0 Å². The van der Waals surface area contributed by atoms with E-state index in [1.54, 1.807) is 0 Å². The minimum atomic E-state index is -4.64. The van der Waals surface area contributed by atoms with Gasteiger partial charge in [-0.3, -0.25) is 24.5 Å². The summed E-state index contributed by atoms with van der Waals surface area (Å²) in [5.41, 5.74) is -1.15. The van der Waals surface area contributed by atoms with Crippen molar-refractivity contribution in [3.8, 4) is 0 Å². The summed E-state index contributed by atoms with van der Waals surface area (Å²) in [6, 6.07) is -0.404. The van der Waals surface area contributed by atoms with Crippen molar-refractivity contribution in [3.05, 3.63) is 18.1 Å². The Hall–Kier alpha value is -2.10. The van der Waals surface area contributed by atoms with Gasteiger partial charge in [-0.05, 0) is 12.8 Å². The number of anilines is 1. The molecular formula is C22H33F3N6O5. The van der Waals surface area contributed by atoms with Gasteiger partial charge in [0.25, 0.3) is 0 Å².